The zero-order valence-corrected chi connectivity index (χ0v) is 8.79. The highest BCUT2D eigenvalue weighted by molar-refractivity contribution is 5.20. The predicted octanol–water partition coefficient (Wildman–Crippen LogP) is 3.58. The lowest BCUT2D eigenvalue weighted by molar-refractivity contribution is 0.325. The van der Waals surface area contributed by atoms with Crippen LogP contribution in [0.1, 0.15) is 20.3 Å². The minimum absolute atomic E-state index is 0.713. The van der Waals surface area contributed by atoms with Gasteiger partial charge in [0.2, 0.25) is 0 Å². The van der Waals surface area contributed by atoms with Gasteiger partial charge in [-0.1, -0.05) is 18.2 Å². The molecule has 0 unspecified atom stereocenters. The van der Waals surface area contributed by atoms with Crippen LogP contribution in [-0.2, 0) is 0 Å². The van der Waals surface area contributed by atoms with Crippen molar-refractivity contribution in [3.8, 4) is 5.75 Å². The summed E-state index contributed by atoms with van der Waals surface area (Å²) >= 11 is 0. The number of hydrogen-bond donors (Lipinski definition) is 0. The van der Waals surface area contributed by atoms with E-state index < -0.39 is 0 Å². The zero-order chi connectivity index (χ0) is 10.2. The lowest BCUT2D eigenvalue weighted by atomic mass is 10.3. The number of rotatable bonds is 4. The van der Waals surface area contributed by atoms with E-state index in [9.17, 15) is 0 Å². The molecule has 1 rings (SSSR count). The Balaban J connectivity index is 2.26. The van der Waals surface area contributed by atoms with E-state index in [0.717, 1.165) is 12.2 Å². The topological polar surface area (TPSA) is 9.23 Å². The van der Waals surface area contributed by atoms with E-state index in [-0.39, 0.29) is 0 Å². The monoisotopic (exact) mass is 188 g/mol. The molecule has 14 heavy (non-hydrogen) atoms. The highest BCUT2D eigenvalue weighted by Crippen LogP contribution is 2.08. The second-order valence-electron chi connectivity index (χ2n) is 3.30. The summed E-state index contributed by atoms with van der Waals surface area (Å²) in [7, 11) is 0. The van der Waals surface area contributed by atoms with Crippen molar-refractivity contribution in [2.75, 3.05) is 6.61 Å². The van der Waals surface area contributed by atoms with Crippen molar-refractivity contribution >= 4 is 0 Å². The summed E-state index contributed by atoms with van der Waals surface area (Å²) in [5, 5.41) is 0. The van der Waals surface area contributed by atoms with Gasteiger partial charge in [0.15, 0.2) is 0 Å². The number of ether oxygens (including phenoxy) is 1. The van der Waals surface area contributed by atoms with Gasteiger partial charge in [-0.2, -0.15) is 0 Å². The molecule has 0 aliphatic carbocycles. The Bertz CT molecular complexity index is 314. The van der Waals surface area contributed by atoms with Gasteiger partial charge in [0.05, 0.1) is 6.61 Å². The van der Waals surface area contributed by atoms with E-state index in [1.165, 1.54) is 5.57 Å². The zero-order valence-electron chi connectivity index (χ0n) is 8.79. The van der Waals surface area contributed by atoms with Gasteiger partial charge in [-0.05, 0) is 37.6 Å². The van der Waals surface area contributed by atoms with Gasteiger partial charge in [-0.3, -0.25) is 0 Å². The van der Waals surface area contributed by atoms with Crippen LogP contribution in [0.15, 0.2) is 47.7 Å². The van der Waals surface area contributed by atoms with Crippen LogP contribution >= 0.6 is 0 Å². The fraction of sp³-hybridized carbons (Fsp3) is 0.308. The molecule has 1 aromatic rings. The molecule has 0 saturated carbocycles. The molecule has 0 aromatic heterocycles. The van der Waals surface area contributed by atoms with E-state index >= 15 is 0 Å². The highest BCUT2D eigenvalue weighted by Gasteiger charge is 1.88. The smallest absolute Gasteiger partial charge is 0.119 e. The molecule has 0 atom stereocenters. The summed E-state index contributed by atoms with van der Waals surface area (Å²) in [5.74, 6) is 0.929. The highest BCUT2D eigenvalue weighted by atomic mass is 16.5. The van der Waals surface area contributed by atoms with Crippen molar-refractivity contribution in [1.82, 2.24) is 0 Å². The standard InChI is InChI=1S/C13H16O/c1-12(2)8-6-7-11-14-13-9-4-3-5-10-13/h3-6,9-10H,7,11H2,1-2H3. The molecule has 0 N–H and O–H groups in total. The molecule has 1 heteroatoms. The average molecular weight is 188 g/mol. The summed E-state index contributed by atoms with van der Waals surface area (Å²) < 4.78 is 5.51. The van der Waals surface area contributed by atoms with Gasteiger partial charge >= 0.3 is 0 Å². The van der Waals surface area contributed by atoms with Crippen molar-refractivity contribution in [3.05, 3.63) is 47.7 Å². The van der Waals surface area contributed by atoms with Gasteiger partial charge < -0.3 is 4.74 Å². The Morgan fingerprint density at radius 2 is 2.00 bits per heavy atom. The Morgan fingerprint density at radius 1 is 1.29 bits per heavy atom. The minimum Gasteiger partial charge on any atom is -0.493 e. The maximum absolute atomic E-state index is 5.51. The SMILES string of the molecule is CC(C)=C=CCCOc1ccccc1. The van der Waals surface area contributed by atoms with Crippen LogP contribution in [0.3, 0.4) is 0 Å². The second-order valence-corrected chi connectivity index (χ2v) is 3.30. The van der Waals surface area contributed by atoms with Crippen LogP contribution in [0, 0.1) is 0 Å². The van der Waals surface area contributed by atoms with E-state index in [1.807, 2.05) is 50.3 Å². The molecule has 74 valence electrons. The van der Waals surface area contributed by atoms with Crippen molar-refractivity contribution in [2.45, 2.75) is 20.3 Å². The van der Waals surface area contributed by atoms with Crippen molar-refractivity contribution in [3.63, 3.8) is 0 Å². The van der Waals surface area contributed by atoms with Crippen molar-refractivity contribution in [2.24, 2.45) is 0 Å². The van der Waals surface area contributed by atoms with Gasteiger partial charge in [0.1, 0.15) is 5.75 Å². The molecular formula is C13H16O. The van der Waals surface area contributed by atoms with Crippen LogP contribution in [-0.4, -0.2) is 6.61 Å². The van der Waals surface area contributed by atoms with Crippen LogP contribution in [0.4, 0.5) is 0 Å². The van der Waals surface area contributed by atoms with Crippen LogP contribution in [0.25, 0.3) is 0 Å². The maximum Gasteiger partial charge on any atom is 0.119 e. The molecule has 1 nitrogen and oxygen atoms in total. The summed E-state index contributed by atoms with van der Waals surface area (Å²) in [6, 6.07) is 9.85. The third-order valence-corrected chi connectivity index (χ3v) is 1.66. The van der Waals surface area contributed by atoms with Crippen molar-refractivity contribution < 1.29 is 4.74 Å². The summed E-state index contributed by atoms with van der Waals surface area (Å²) in [5.41, 5.74) is 4.34. The van der Waals surface area contributed by atoms with Crippen molar-refractivity contribution in [1.29, 1.82) is 0 Å². The molecule has 0 aliphatic heterocycles. The van der Waals surface area contributed by atoms with E-state index in [1.54, 1.807) is 0 Å². The lowest BCUT2D eigenvalue weighted by Crippen LogP contribution is -1.94. The number of hydrogen-bond acceptors (Lipinski definition) is 1. The first-order chi connectivity index (χ1) is 6.79. The normalized spacial score (nSPS) is 9.00. The van der Waals surface area contributed by atoms with Crippen LogP contribution < -0.4 is 4.74 Å². The molecule has 0 bridgehead atoms. The molecular weight excluding hydrogens is 172 g/mol. The van der Waals surface area contributed by atoms with Gasteiger partial charge in [-0.25, -0.2) is 0 Å². The molecule has 0 spiro atoms. The first kappa shape index (κ1) is 10.6. The van der Waals surface area contributed by atoms with E-state index in [4.69, 9.17) is 4.74 Å². The van der Waals surface area contributed by atoms with Crippen LogP contribution in [0.5, 0.6) is 5.75 Å². The lowest BCUT2D eigenvalue weighted by Gasteiger charge is -2.02. The fourth-order valence-corrected chi connectivity index (χ4v) is 1.03. The Hall–Kier alpha value is -1.46. The van der Waals surface area contributed by atoms with Gasteiger partial charge in [0, 0.05) is 6.42 Å². The quantitative estimate of drug-likeness (QED) is 0.518. The molecule has 0 fully saturated rings. The van der Waals surface area contributed by atoms with E-state index in [0.29, 0.717) is 6.61 Å². The first-order valence-electron chi connectivity index (χ1n) is 4.85. The maximum atomic E-state index is 5.51. The molecule has 1 aromatic carbocycles. The second kappa shape index (κ2) is 6.06. The van der Waals surface area contributed by atoms with E-state index in [2.05, 4.69) is 5.73 Å². The summed E-state index contributed by atoms with van der Waals surface area (Å²) in [6.07, 6.45) is 2.92. The summed E-state index contributed by atoms with van der Waals surface area (Å²) in [6.45, 7) is 4.79. The number of para-hydroxylation sites is 1. The minimum atomic E-state index is 0.713. The fourth-order valence-electron chi connectivity index (χ4n) is 1.03. The molecule has 0 saturated heterocycles. The molecule has 0 heterocycles. The average Bonchev–Trinajstić information content (AvgIpc) is 2.18. The summed E-state index contributed by atoms with van der Waals surface area (Å²) in [4.78, 5) is 0. The van der Waals surface area contributed by atoms with Gasteiger partial charge in [-0.15, -0.1) is 5.73 Å². The van der Waals surface area contributed by atoms with Gasteiger partial charge in [0.25, 0.3) is 0 Å². The first-order valence-corrected chi connectivity index (χ1v) is 4.85. The third-order valence-electron chi connectivity index (χ3n) is 1.66. The largest absolute Gasteiger partial charge is 0.493 e. The molecule has 0 aliphatic rings. The predicted molar refractivity (Wildman–Crippen MR) is 59.5 cm³/mol. The Kier molecular flexibility index (Phi) is 4.60. The third kappa shape index (κ3) is 4.54. The Morgan fingerprint density at radius 3 is 2.64 bits per heavy atom. The number of benzene rings is 1. The Labute approximate surface area is 85.7 Å². The molecule has 0 amide bonds. The van der Waals surface area contributed by atoms with Crippen LogP contribution in [0.2, 0.25) is 0 Å². The molecule has 0 radical (unpaired) electrons.